The van der Waals surface area contributed by atoms with Gasteiger partial charge in [-0.05, 0) is 24.0 Å². The van der Waals surface area contributed by atoms with Crippen LogP contribution in [0.5, 0.6) is 5.75 Å². The van der Waals surface area contributed by atoms with Gasteiger partial charge in [-0.25, -0.2) is 0 Å². The van der Waals surface area contributed by atoms with Gasteiger partial charge in [-0.2, -0.15) is 0 Å². The summed E-state index contributed by atoms with van der Waals surface area (Å²) in [5, 5.41) is 17.7. The summed E-state index contributed by atoms with van der Waals surface area (Å²) in [6.07, 6.45) is 4.53. The molecule has 1 atom stereocenters. The molecule has 0 aliphatic heterocycles. The number of para-hydroxylation sites is 1. The van der Waals surface area contributed by atoms with Crippen LogP contribution in [0.3, 0.4) is 0 Å². The van der Waals surface area contributed by atoms with Crippen molar-refractivity contribution in [3.8, 4) is 5.75 Å². The van der Waals surface area contributed by atoms with Crippen molar-refractivity contribution in [1.82, 2.24) is 0 Å². The van der Waals surface area contributed by atoms with Gasteiger partial charge in [-0.15, -0.1) is 0 Å². The molecule has 0 heterocycles. The third kappa shape index (κ3) is 6.81. The Morgan fingerprint density at radius 3 is 2.56 bits per heavy atom. The summed E-state index contributed by atoms with van der Waals surface area (Å²) >= 11 is 0. The molecule has 96 valence electrons. The molecule has 0 aliphatic rings. The zero-order valence-electron chi connectivity index (χ0n) is 10.6. The van der Waals surface area contributed by atoms with Crippen molar-refractivity contribution in [3.05, 3.63) is 29.8 Å². The van der Waals surface area contributed by atoms with E-state index in [2.05, 4.69) is 13.8 Å². The molecule has 0 saturated carbocycles. The van der Waals surface area contributed by atoms with Crippen LogP contribution in [0.25, 0.3) is 0 Å². The van der Waals surface area contributed by atoms with E-state index in [-0.39, 0.29) is 29.6 Å². The van der Waals surface area contributed by atoms with E-state index >= 15 is 0 Å². The summed E-state index contributed by atoms with van der Waals surface area (Å²) in [5.74, 6) is 1.14. The molecular formula is C13H22BNaO3. The molecule has 2 N–H and O–H groups in total. The first-order valence-corrected chi connectivity index (χ1v) is 6.24. The molecule has 0 aliphatic carbocycles. The van der Waals surface area contributed by atoms with E-state index in [1.54, 1.807) is 6.07 Å². The SMILES string of the molecule is CCCCC(C)Cc1ccccc1OB(O)O.[NaH]. The predicted molar refractivity (Wildman–Crippen MR) is 76.8 cm³/mol. The molecule has 0 amide bonds. The summed E-state index contributed by atoms with van der Waals surface area (Å²) in [7, 11) is -1.75. The Balaban J connectivity index is 0.00000289. The van der Waals surface area contributed by atoms with Gasteiger partial charge in [0.15, 0.2) is 0 Å². The molecule has 0 spiro atoms. The van der Waals surface area contributed by atoms with Crippen LogP contribution in [0, 0.1) is 5.92 Å². The maximum absolute atomic E-state index is 8.84. The summed E-state index contributed by atoms with van der Waals surface area (Å²) in [6, 6.07) is 7.51. The van der Waals surface area contributed by atoms with E-state index in [0.717, 1.165) is 12.0 Å². The van der Waals surface area contributed by atoms with Gasteiger partial charge in [0, 0.05) is 0 Å². The topological polar surface area (TPSA) is 49.7 Å². The zero-order chi connectivity index (χ0) is 12.7. The van der Waals surface area contributed by atoms with Crippen LogP contribution >= 0.6 is 0 Å². The Kier molecular flexibility index (Phi) is 9.88. The minimum atomic E-state index is -1.75. The van der Waals surface area contributed by atoms with E-state index in [1.165, 1.54) is 19.3 Å². The summed E-state index contributed by atoms with van der Waals surface area (Å²) in [4.78, 5) is 0. The molecule has 3 nitrogen and oxygen atoms in total. The van der Waals surface area contributed by atoms with Crippen LogP contribution in [-0.4, -0.2) is 46.9 Å². The standard InChI is InChI=1S/C13H21BO3.Na.H/c1-3-4-7-11(2)10-12-8-5-6-9-13(12)17-14(15)16;;/h5-6,8-9,11,15-16H,3-4,7,10H2,1-2H3;;. The van der Waals surface area contributed by atoms with Crippen LogP contribution in [0.4, 0.5) is 0 Å². The summed E-state index contributed by atoms with van der Waals surface area (Å²) in [6.45, 7) is 4.40. The molecule has 1 aromatic rings. The van der Waals surface area contributed by atoms with Gasteiger partial charge in [0.2, 0.25) is 0 Å². The van der Waals surface area contributed by atoms with Crippen LogP contribution in [0.1, 0.15) is 38.7 Å². The Bertz CT molecular complexity index is 334. The molecule has 0 fully saturated rings. The maximum atomic E-state index is 8.84. The molecule has 5 heteroatoms. The number of unbranched alkanes of at least 4 members (excludes halogenated alkanes) is 1. The third-order valence-electron chi connectivity index (χ3n) is 2.82. The number of hydrogen-bond acceptors (Lipinski definition) is 3. The fraction of sp³-hybridized carbons (Fsp3) is 0.538. The van der Waals surface area contributed by atoms with Crippen molar-refractivity contribution < 1.29 is 14.7 Å². The molecule has 0 saturated heterocycles. The first-order valence-electron chi connectivity index (χ1n) is 6.24. The Hall–Kier alpha value is 0.00494. The third-order valence-corrected chi connectivity index (χ3v) is 2.82. The average molecular weight is 260 g/mol. The molecule has 18 heavy (non-hydrogen) atoms. The first-order chi connectivity index (χ1) is 8.13. The minimum absolute atomic E-state index is 0. The van der Waals surface area contributed by atoms with Gasteiger partial charge in [-0.3, -0.25) is 0 Å². The van der Waals surface area contributed by atoms with Crippen molar-refractivity contribution in [3.63, 3.8) is 0 Å². The second kappa shape index (κ2) is 9.87. The van der Waals surface area contributed by atoms with Gasteiger partial charge in [0.25, 0.3) is 0 Å². The van der Waals surface area contributed by atoms with E-state index < -0.39 is 7.32 Å². The van der Waals surface area contributed by atoms with Gasteiger partial charge in [-0.1, -0.05) is 51.3 Å². The van der Waals surface area contributed by atoms with Crippen LogP contribution < -0.4 is 4.65 Å². The molecule has 0 aromatic heterocycles. The van der Waals surface area contributed by atoms with Crippen molar-refractivity contribution in [2.75, 3.05) is 0 Å². The zero-order valence-corrected chi connectivity index (χ0v) is 10.6. The van der Waals surface area contributed by atoms with Crippen molar-refractivity contribution in [2.24, 2.45) is 5.92 Å². The predicted octanol–water partition coefficient (Wildman–Crippen LogP) is 1.76. The van der Waals surface area contributed by atoms with E-state index in [4.69, 9.17) is 14.7 Å². The van der Waals surface area contributed by atoms with Crippen LogP contribution in [0.2, 0.25) is 0 Å². The quantitative estimate of drug-likeness (QED) is 0.734. The van der Waals surface area contributed by atoms with E-state index in [1.807, 2.05) is 18.2 Å². The Morgan fingerprint density at radius 2 is 1.94 bits per heavy atom. The molecule has 1 rings (SSSR count). The number of rotatable bonds is 7. The van der Waals surface area contributed by atoms with Gasteiger partial charge < -0.3 is 14.7 Å². The van der Waals surface area contributed by atoms with Crippen molar-refractivity contribution >= 4 is 36.9 Å². The molecule has 1 aromatic carbocycles. The molecule has 0 radical (unpaired) electrons. The normalized spacial score (nSPS) is 11.6. The fourth-order valence-corrected chi connectivity index (χ4v) is 1.93. The second-order valence-electron chi connectivity index (χ2n) is 4.50. The summed E-state index contributed by atoms with van der Waals surface area (Å²) in [5.41, 5.74) is 1.03. The first kappa shape index (κ1) is 18.0. The van der Waals surface area contributed by atoms with Gasteiger partial charge >= 0.3 is 36.9 Å². The summed E-state index contributed by atoms with van der Waals surface area (Å²) < 4.78 is 4.96. The molecule has 0 bridgehead atoms. The Labute approximate surface area is 132 Å². The second-order valence-corrected chi connectivity index (χ2v) is 4.50. The van der Waals surface area contributed by atoms with Crippen molar-refractivity contribution in [1.29, 1.82) is 0 Å². The molecule has 1 unspecified atom stereocenters. The molecular weight excluding hydrogens is 238 g/mol. The number of hydrogen-bond donors (Lipinski definition) is 2. The Morgan fingerprint density at radius 1 is 1.28 bits per heavy atom. The monoisotopic (exact) mass is 260 g/mol. The van der Waals surface area contributed by atoms with Crippen LogP contribution in [-0.2, 0) is 6.42 Å². The van der Waals surface area contributed by atoms with Gasteiger partial charge in [0.1, 0.15) is 5.75 Å². The fourth-order valence-electron chi connectivity index (χ4n) is 1.93. The number of benzene rings is 1. The van der Waals surface area contributed by atoms with Crippen molar-refractivity contribution in [2.45, 2.75) is 39.5 Å². The van der Waals surface area contributed by atoms with Gasteiger partial charge in [0.05, 0.1) is 0 Å². The van der Waals surface area contributed by atoms with E-state index in [0.29, 0.717) is 11.7 Å². The van der Waals surface area contributed by atoms with E-state index in [9.17, 15) is 0 Å². The van der Waals surface area contributed by atoms with Crippen LogP contribution in [0.15, 0.2) is 24.3 Å². The average Bonchev–Trinajstić information content (AvgIpc) is 2.28.